The largest absolute Gasteiger partial charge is 0.325 e. The van der Waals surface area contributed by atoms with E-state index in [0.29, 0.717) is 18.2 Å². The third kappa shape index (κ3) is 6.68. The van der Waals surface area contributed by atoms with Crippen LogP contribution in [0.25, 0.3) is 0 Å². The highest BCUT2D eigenvalue weighted by atomic mass is 32.2. The number of benzene rings is 2. The lowest BCUT2D eigenvalue weighted by Gasteiger charge is -2.26. The van der Waals surface area contributed by atoms with Crippen molar-refractivity contribution < 1.29 is 4.79 Å². The minimum atomic E-state index is -0.0345. The van der Waals surface area contributed by atoms with Gasteiger partial charge in [0.25, 0.3) is 0 Å². The predicted molar refractivity (Wildman–Crippen MR) is 135 cm³/mol. The molecule has 7 heteroatoms. The number of carbonyl (C=O) groups excluding carboxylic acids is 1. The molecule has 1 aliphatic rings. The number of hydrogen-bond acceptors (Lipinski definition) is 5. The molecule has 1 aromatic heterocycles. The van der Waals surface area contributed by atoms with Gasteiger partial charge in [0.1, 0.15) is 5.82 Å². The summed E-state index contributed by atoms with van der Waals surface area (Å²) in [5.74, 6) is 1.65. The van der Waals surface area contributed by atoms with Crippen LogP contribution < -0.4 is 5.32 Å². The van der Waals surface area contributed by atoms with E-state index in [4.69, 9.17) is 0 Å². The monoisotopic (exact) mass is 463 g/mol. The molecule has 0 saturated carbocycles. The fraction of sp³-hybridized carbons (Fsp3) is 0.423. The van der Waals surface area contributed by atoms with E-state index in [0.717, 1.165) is 36.3 Å². The van der Waals surface area contributed by atoms with Crippen LogP contribution in [0, 0.1) is 0 Å². The number of aromatic nitrogens is 3. The minimum Gasteiger partial charge on any atom is -0.325 e. The lowest BCUT2D eigenvalue weighted by molar-refractivity contribution is -0.113. The van der Waals surface area contributed by atoms with Crippen LogP contribution in [0.1, 0.15) is 56.0 Å². The maximum absolute atomic E-state index is 12.7. The molecule has 4 rings (SSSR count). The molecule has 0 aliphatic carbocycles. The Morgan fingerprint density at radius 3 is 2.55 bits per heavy atom. The van der Waals surface area contributed by atoms with Crippen molar-refractivity contribution in [1.82, 2.24) is 19.7 Å². The third-order valence-electron chi connectivity index (χ3n) is 5.96. The van der Waals surface area contributed by atoms with Gasteiger partial charge < -0.3 is 9.88 Å². The minimum absolute atomic E-state index is 0.0345. The van der Waals surface area contributed by atoms with Crippen LogP contribution in [0.15, 0.2) is 59.8 Å². The number of nitrogens with zero attached hydrogens (tertiary/aromatic N) is 4. The summed E-state index contributed by atoms with van der Waals surface area (Å²) in [5.41, 5.74) is 3.25. The Labute approximate surface area is 200 Å². The highest BCUT2D eigenvalue weighted by Gasteiger charge is 2.19. The van der Waals surface area contributed by atoms with Gasteiger partial charge in [0.2, 0.25) is 5.91 Å². The van der Waals surface area contributed by atoms with Gasteiger partial charge in [-0.1, -0.05) is 74.5 Å². The molecule has 2 heterocycles. The number of nitrogens with one attached hydrogen (secondary N) is 1. The van der Waals surface area contributed by atoms with Crippen LogP contribution in [0.2, 0.25) is 0 Å². The molecule has 0 radical (unpaired) electrons. The van der Waals surface area contributed by atoms with Gasteiger partial charge >= 0.3 is 0 Å². The molecule has 1 aliphatic heterocycles. The highest BCUT2D eigenvalue weighted by molar-refractivity contribution is 7.99. The van der Waals surface area contributed by atoms with E-state index >= 15 is 0 Å². The lowest BCUT2D eigenvalue weighted by atomic mass is 10.0. The number of amides is 1. The zero-order valence-electron chi connectivity index (χ0n) is 19.5. The number of thioether (sulfide) groups is 1. The zero-order valence-corrected chi connectivity index (χ0v) is 20.4. The quantitative estimate of drug-likeness (QED) is 0.444. The molecular formula is C26H33N5OS. The van der Waals surface area contributed by atoms with Crippen molar-refractivity contribution in [1.29, 1.82) is 0 Å². The van der Waals surface area contributed by atoms with E-state index in [1.807, 2.05) is 24.3 Å². The van der Waals surface area contributed by atoms with Crippen molar-refractivity contribution in [2.75, 3.05) is 24.2 Å². The average molecular weight is 464 g/mol. The van der Waals surface area contributed by atoms with Gasteiger partial charge in [-0.15, -0.1) is 10.2 Å². The van der Waals surface area contributed by atoms with E-state index in [9.17, 15) is 4.79 Å². The van der Waals surface area contributed by atoms with Crippen LogP contribution >= 0.6 is 11.8 Å². The van der Waals surface area contributed by atoms with Gasteiger partial charge in [-0.2, -0.15) is 0 Å². The van der Waals surface area contributed by atoms with Crippen LogP contribution in [0.3, 0.4) is 0 Å². The average Bonchev–Trinajstić information content (AvgIpc) is 3.20. The fourth-order valence-corrected chi connectivity index (χ4v) is 4.84. The smallest absolute Gasteiger partial charge is 0.234 e. The highest BCUT2D eigenvalue weighted by Crippen LogP contribution is 2.22. The number of carbonyl (C=O) groups is 1. The second kappa shape index (κ2) is 11.5. The summed E-state index contributed by atoms with van der Waals surface area (Å²) in [6.45, 7) is 8.03. The van der Waals surface area contributed by atoms with Crippen molar-refractivity contribution in [2.45, 2.75) is 57.3 Å². The van der Waals surface area contributed by atoms with Crippen molar-refractivity contribution in [2.24, 2.45) is 0 Å². The first-order valence-electron chi connectivity index (χ1n) is 11.8. The Balaban J connectivity index is 1.44. The van der Waals surface area contributed by atoms with E-state index in [2.05, 4.69) is 69.2 Å². The zero-order chi connectivity index (χ0) is 23.0. The van der Waals surface area contributed by atoms with E-state index in [-0.39, 0.29) is 5.91 Å². The van der Waals surface area contributed by atoms with Crippen LogP contribution in [0.5, 0.6) is 0 Å². The predicted octanol–water partition coefficient (Wildman–Crippen LogP) is 5.17. The van der Waals surface area contributed by atoms with Gasteiger partial charge in [-0.3, -0.25) is 9.69 Å². The third-order valence-corrected chi connectivity index (χ3v) is 6.93. The molecule has 0 bridgehead atoms. The molecule has 6 nitrogen and oxygen atoms in total. The van der Waals surface area contributed by atoms with Gasteiger partial charge in [0.05, 0.1) is 18.8 Å². The summed E-state index contributed by atoms with van der Waals surface area (Å²) in [7, 11) is 0. The van der Waals surface area contributed by atoms with Crippen LogP contribution in [-0.4, -0.2) is 44.4 Å². The SMILES string of the molecule is CC(C)c1cccc(NC(=O)CSc2nnc(CN3CCCCC3)n2Cc2ccccc2)c1. The molecule has 1 saturated heterocycles. The summed E-state index contributed by atoms with van der Waals surface area (Å²) in [5, 5.41) is 12.8. The van der Waals surface area contributed by atoms with E-state index in [1.54, 1.807) is 0 Å². The van der Waals surface area contributed by atoms with E-state index in [1.165, 1.54) is 42.2 Å². The van der Waals surface area contributed by atoms with Gasteiger partial charge in [-0.25, -0.2) is 0 Å². The first-order valence-corrected chi connectivity index (χ1v) is 12.8. The molecule has 1 amide bonds. The van der Waals surface area contributed by atoms with Gasteiger partial charge in [0.15, 0.2) is 5.16 Å². The number of rotatable bonds is 9. The molecule has 1 fully saturated rings. The normalized spacial score (nSPS) is 14.5. The summed E-state index contributed by atoms with van der Waals surface area (Å²) in [6.07, 6.45) is 3.79. The standard InChI is InChI=1S/C26H33N5OS/c1-20(2)22-12-9-13-23(16-22)27-25(32)19-33-26-29-28-24(18-30-14-7-4-8-15-30)31(26)17-21-10-5-3-6-11-21/h3,5-6,9-13,16,20H,4,7-8,14-15,17-19H2,1-2H3,(H,27,32). The Bertz CT molecular complexity index is 1040. The molecule has 174 valence electrons. The number of likely N-dealkylation sites (tertiary alicyclic amines) is 1. The molecule has 2 aromatic carbocycles. The maximum Gasteiger partial charge on any atom is 0.234 e. The van der Waals surface area contributed by atoms with Gasteiger partial charge in [-0.05, 0) is 55.1 Å². The number of piperidine rings is 1. The van der Waals surface area contributed by atoms with Crippen molar-refractivity contribution >= 4 is 23.4 Å². The fourth-order valence-electron chi connectivity index (χ4n) is 4.09. The van der Waals surface area contributed by atoms with Gasteiger partial charge in [0, 0.05) is 5.69 Å². The van der Waals surface area contributed by atoms with Crippen molar-refractivity contribution in [3.63, 3.8) is 0 Å². The first-order chi connectivity index (χ1) is 16.1. The molecule has 1 N–H and O–H groups in total. The summed E-state index contributed by atoms with van der Waals surface area (Å²) in [4.78, 5) is 15.1. The number of anilines is 1. The van der Waals surface area contributed by atoms with Crippen LogP contribution in [-0.2, 0) is 17.9 Å². The topological polar surface area (TPSA) is 63.1 Å². The summed E-state index contributed by atoms with van der Waals surface area (Å²) in [6, 6.07) is 18.4. The first kappa shape index (κ1) is 23.5. The Hall–Kier alpha value is -2.64. The molecule has 33 heavy (non-hydrogen) atoms. The maximum atomic E-state index is 12.7. The number of hydrogen-bond donors (Lipinski definition) is 1. The van der Waals surface area contributed by atoms with Crippen LogP contribution in [0.4, 0.5) is 5.69 Å². The summed E-state index contributed by atoms with van der Waals surface area (Å²) < 4.78 is 2.17. The Morgan fingerprint density at radius 2 is 1.79 bits per heavy atom. The molecule has 0 atom stereocenters. The second-order valence-corrected chi connectivity index (χ2v) is 9.87. The Morgan fingerprint density at radius 1 is 1.00 bits per heavy atom. The molecule has 0 spiro atoms. The molecule has 3 aromatic rings. The van der Waals surface area contributed by atoms with E-state index < -0.39 is 0 Å². The molecule has 0 unspecified atom stereocenters. The molecular weight excluding hydrogens is 430 g/mol. The second-order valence-electron chi connectivity index (χ2n) is 8.92. The summed E-state index contributed by atoms with van der Waals surface area (Å²) >= 11 is 1.45. The lowest BCUT2D eigenvalue weighted by Crippen LogP contribution is -2.30. The Kier molecular flexibility index (Phi) is 8.18. The van der Waals surface area contributed by atoms with Crippen molar-refractivity contribution in [3.05, 3.63) is 71.5 Å². The van der Waals surface area contributed by atoms with Crippen molar-refractivity contribution in [3.8, 4) is 0 Å².